The third-order valence-corrected chi connectivity index (χ3v) is 8.44. The standard InChI is InChI=1S/C27H28N2O9/c1-29(2)19-15-8-11-7-14-17(20(31)13-6-10(9-30)4-5-12(13)23(14)38-3)21(32)16(11)24(34)27(15,37)25(35)18(22(19)33)26(28)36/h4-6,11,15-16,18-19,30-31,37H,7-9H2,1-3H3,(H2,28,36)/t11-,15-,16?,18?,19-,27-/m0/s1. The number of fused-ring (bicyclic) bond motifs is 4. The number of carbonyl (C=O) groups excluding carboxylic acids is 5. The number of phenolic OH excluding ortho intramolecular Hbond substituents is 1. The lowest BCUT2D eigenvalue weighted by Gasteiger charge is -2.52. The summed E-state index contributed by atoms with van der Waals surface area (Å²) in [5, 5.41) is 33.1. The van der Waals surface area contributed by atoms with Crippen LogP contribution < -0.4 is 10.5 Å². The van der Waals surface area contributed by atoms with Gasteiger partial charge < -0.3 is 25.8 Å². The van der Waals surface area contributed by atoms with E-state index in [0.717, 1.165) is 0 Å². The first-order valence-electron chi connectivity index (χ1n) is 12.2. The van der Waals surface area contributed by atoms with E-state index in [-0.39, 0.29) is 30.4 Å². The minimum Gasteiger partial charge on any atom is -0.507 e. The van der Waals surface area contributed by atoms with Crippen molar-refractivity contribution >= 4 is 39.8 Å². The van der Waals surface area contributed by atoms with Crippen LogP contribution in [0.2, 0.25) is 0 Å². The summed E-state index contributed by atoms with van der Waals surface area (Å²) in [6.07, 6.45) is 0.0512. The molecule has 2 aromatic carbocycles. The number of benzene rings is 2. The van der Waals surface area contributed by atoms with Crippen LogP contribution in [0.4, 0.5) is 0 Å². The number of nitrogens with zero attached hydrogens (tertiary/aromatic N) is 1. The van der Waals surface area contributed by atoms with Crippen molar-refractivity contribution in [3.8, 4) is 11.5 Å². The average Bonchev–Trinajstić information content (AvgIpc) is 2.86. The predicted molar refractivity (Wildman–Crippen MR) is 131 cm³/mol. The summed E-state index contributed by atoms with van der Waals surface area (Å²) in [6, 6.07) is 3.66. The number of likely N-dealkylation sites (N-methyl/N-ethyl adjacent to an activating group) is 1. The Hall–Kier alpha value is -3.67. The first-order valence-corrected chi connectivity index (χ1v) is 12.2. The van der Waals surface area contributed by atoms with E-state index in [1.807, 2.05) is 0 Å². The minimum absolute atomic E-state index is 0.0463. The number of nitrogens with two attached hydrogens (primary N) is 1. The molecule has 2 fully saturated rings. The number of methoxy groups -OCH3 is 1. The van der Waals surface area contributed by atoms with Crippen molar-refractivity contribution in [3.05, 3.63) is 34.9 Å². The Morgan fingerprint density at radius 2 is 1.84 bits per heavy atom. The van der Waals surface area contributed by atoms with E-state index in [0.29, 0.717) is 22.3 Å². The highest BCUT2D eigenvalue weighted by Gasteiger charge is 2.69. The number of carbonyl (C=O) groups is 5. The van der Waals surface area contributed by atoms with Crippen LogP contribution in [0.15, 0.2) is 18.2 Å². The van der Waals surface area contributed by atoms with Crippen LogP contribution in [-0.2, 0) is 32.2 Å². The molecule has 0 aliphatic heterocycles. The largest absolute Gasteiger partial charge is 0.507 e. The molecule has 3 aliphatic carbocycles. The molecule has 2 saturated carbocycles. The van der Waals surface area contributed by atoms with Gasteiger partial charge in [-0.1, -0.05) is 12.1 Å². The Morgan fingerprint density at radius 1 is 1.16 bits per heavy atom. The first-order chi connectivity index (χ1) is 17.9. The number of Topliss-reactive ketones (excluding diaryl/α,β-unsaturated/α-hetero) is 4. The molecule has 5 rings (SSSR count). The van der Waals surface area contributed by atoms with E-state index in [2.05, 4.69) is 0 Å². The molecule has 2 aromatic rings. The van der Waals surface area contributed by atoms with Crippen LogP contribution in [0.25, 0.3) is 10.8 Å². The fourth-order valence-corrected chi connectivity index (χ4v) is 6.81. The quantitative estimate of drug-likeness (QED) is 0.381. The Bertz CT molecular complexity index is 1450. The minimum atomic E-state index is -2.78. The summed E-state index contributed by atoms with van der Waals surface area (Å²) in [6.45, 7) is -0.310. The SMILES string of the molecule is COc1c2c(c(O)c3cc(CO)ccc13)C(=O)C1C(=O)[C@]3(O)C(=O)C(C(N)=O)C(=O)[C@@H](N(C)C)[C@@H]3C[C@@H]1C2. The lowest BCUT2D eigenvalue weighted by atomic mass is 9.52. The second-order valence-electron chi connectivity index (χ2n) is 10.6. The van der Waals surface area contributed by atoms with Crippen molar-refractivity contribution in [2.75, 3.05) is 21.2 Å². The van der Waals surface area contributed by atoms with E-state index in [1.165, 1.54) is 32.2 Å². The van der Waals surface area contributed by atoms with Gasteiger partial charge in [-0.3, -0.25) is 28.9 Å². The number of ketones is 4. The highest BCUT2D eigenvalue weighted by molar-refractivity contribution is 6.32. The number of hydrogen-bond donors (Lipinski definition) is 4. The molecule has 5 N–H and O–H groups in total. The fourth-order valence-electron chi connectivity index (χ4n) is 6.81. The molecule has 0 aromatic heterocycles. The van der Waals surface area contributed by atoms with Gasteiger partial charge >= 0.3 is 0 Å². The van der Waals surface area contributed by atoms with Crippen LogP contribution in [-0.4, -0.2) is 82.1 Å². The lowest BCUT2D eigenvalue weighted by molar-refractivity contribution is -0.181. The molecule has 3 aliphatic rings. The molecule has 6 atom stereocenters. The third kappa shape index (κ3) is 3.22. The van der Waals surface area contributed by atoms with Crippen LogP contribution in [0.1, 0.15) is 27.9 Å². The smallest absolute Gasteiger partial charge is 0.235 e. The first kappa shape index (κ1) is 26.0. The van der Waals surface area contributed by atoms with Crippen LogP contribution >= 0.6 is 0 Å². The predicted octanol–water partition coefficient (Wildman–Crippen LogP) is -0.479. The summed E-state index contributed by atoms with van der Waals surface area (Å²) >= 11 is 0. The summed E-state index contributed by atoms with van der Waals surface area (Å²) in [5.41, 5.74) is 3.25. The number of rotatable bonds is 4. The number of ether oxygens (including phenoxy) is 1. The van der Waals surface area contributed by atoms with Crippen LogP contribution in [0, 0.1) is 23.7 Å². The molecule has 1 amide bonds. The Balaban J connectivity index is 1.71. The Labute approximate surface area is 217 Å². The molecule has 2 unspecified atom stereocenters. The zero-order valence-corrected chi connectivity index (χ0v) is 21.1. The highest BCUT2D eigenvalue weighted by Crippen LogP contribution is 2.53. The van der Waals surface area contributed by atoms with Crippen LogP contribution in [0.5, 0.6) is 11.5 Å². The molecule has 0 radical (unpaired) electrons. The molecule has 0 saturated heterocycles. The summed E-state index contributed by atoms with van der Waals surface area (Å²) in [4.78, 5) is 67.8. The van der Waals surface area contributed by atoms with Gasteiger partial charge in [0, 0.05) is 22.3 Å². The van der Waals surface area contributed by atoms with E-state index >= 15 is 0 Å². The van der Waals surface area contributed by atoms with Gasteiger partial charge in [0.2, 0.25) is 5.91 Å². The maximum atomic E-state index is 13.9. The molecule has 0 bridgehead atoms. The monoisotopic (exact) mass is 524 g/mol. The Morgan fingerprint density at radius 3 is 2.42 bits per heavy atom. The molecule has 11 heteroatoms. The third-order valence-electron chi connectivity index (χ3n) is 8.44. The van der Waals surface area contributed by atoms with Gasteiger partial charge in [0.1, 0.15) is 11.5 Å². The fraction of sp³-hybridized carbons (Fsp3) is 0.444. The van der Waals surface area contributed by atoms with E-state index in [4.69, 9.17) is 10.5 Å². The zero-order valence-electron chi connectivity index (χ0n) is 21.1. The van der Waals surface area contributed by atoms with Crippen molar-refractivity contribution < 1.29 is 44.0 Å². The number of aliphatic hydroxyl groups excluding tert-OH is 1. The van der Waals surface area contributed by atoms with Crippen molar-refractivity contribution in [2.24, 2.45) is 29.4 Å². The maximum absolute atomic E-state index is 13.9. The van der Waals surface area contributed by atoms with E-state index in [9.17, 15) is 39.3 Å². The number of aliphatic hydroxyl groups is 2. The molecular weight excluding hydrogens is 496 g/mol. The molecule has 0 spiro atoms. The van der Waals surface area contributed by atoms with Crippen molar-refractivity contribution in [1.29, 1.82) is 0 Å². The molecular formula is C27H28N2O9. The second-order valence-corrected chi connectivity index (χ2v) is 10.6. The van der Waals surface area contributed by atoms with Gasteiger partial charge in [-0.15, -0.1) is 0 Å². The van der Waals surface area contributed by atoms with Gasteiger partial charge in [0.15, 0.2) is 34.7 Å². The molecule has 200 valence electrons. The van der Waals surface area contributed by atoms with E-state index in [1.54, 1.807) is 12.1 Å². The Kier molecular flexibility index (Phi) is 5.93. The van der Waals surface area contributed by atoms with Crippen molar-refractivity contribution in [2.45, 2.75) is 31.1 Å². The van der Waals surface area contributed by atoms with Gasteiger partial charge in [0.05, 0.1) is 31.2 Å². The summed E-state index contributed by atoms with van der Waals surface area (Å²) in [7, 11) is 4.48. The summed E-state index contributed by atoms with van der Waals surface area (Å²) in [5.74, 6) is -10.8. The highest BCUT2D eigenvalue weighted by atomic mass is 16.5. The lowest BCUT2D eigenvalue weighted by Crippen LogP contribution is -2.74. The summed E-state index contributed by atoms with van der Waals surface area (Å²) < 4.78 is 5.64. The average molecular weight is 525 g/mol. The number of amides is 1. The maximum Gasteiger partial charge on any atom is 0.235 e. The van der Waals surface area contributed by atoms with Gasteiger partial charge in [0.25, 0.3) is 0 Å². The molecule has 0 heterocycles. The topological polar surface area (TPSA) is 185 Å². The zero-order chi connectivity index (χ0) is 27.8. The second kappa shape index (κ2) is 8.69. The number of hydrogen-bond acceptors (Lipinski definition) is 10. The van der Waals surface area contributed by atoms with Gasteiger partial charge in [-0.05, 0) is 44.5 Å². The van der Waals surface area contributed by atoms with Crippen molar-refractivity contribution in [3.63, 3.8) is 0 Å². The number of primary amides is 1. The number of aromatic hydroxyl groups is 1. The van der Waals surface area contributed by atoms with Crippen molar-refractivity contribution in [1.82, 2.24) is 4.90 Å². The normalized spacial score (nSPS) is 30.7. The van der Waals surface area contributed by atoms with Gasteiger partial charge in [-0.25, -0.2) is 0 Å². The molecule has 38 heavy (non-hydrogen) atoms. The number of phenols is 1. The molecule has 11 nitrogen and oxygen atoms in total. The van der Waals surface area contributed by atoms with E-state index < -0.39 is 70.1 Å². The van der Waals surface area contributed by atoms with Gasteiger partial charge in [-0.2, -0.15) is 0 Å². The van der Waals surface area contributed by atoms with Crippen LogP contribution in [0.3, 0.4) is 0 Å².